The van der Waals surface area contributed by atoms with Crippen LogP contribution in [0.3, 0.4) is 0 Å². The molecule has 3 fully saturated rings. The number of aliphatic hydroxyl groups excluding tert-OH is 1. The number of carbonyl (C=O) groups excluding carboxylic acids is 2. The van der Waals surface area contributed by atoms with Crippen LogP contribution in [0.25, 0.3) is 0 Å². The summed E-state index contributed by atoms with van der Waals surface area (Å²) in [5.74, 6) is 1.97. The van der Waals surface area contributed by atoms with Gasteiger partial charge in [0.1, 0.15) is 6.61 Å². The molecule has 0 radical (unpaired) electrons. The van der Waals surface area contributed by atoms with Crippen LogP contribution >= 0.6 is 0 Å². The van der Waals surface area contributed by atoms with Gasteiger partial charge in [0.25, 0.3) is 0 Å². The Balaban J connectivity index is 1.59. The van der Waals surface area contributed by atoms with Crippen LogP contribution in [0.15, 0.2) is 11.6 Å². The Labute approximate surface area is 169 Å². The van der Waals surface area contributed by atoms with Gasteiger partial charge in [-0.1, -0.05) is 32.4 Å². The van der Waals surface area contributed by atoms with E-state index in [0.29, 0.717) is 23.7 Å². The molecule has 0 aromatic rings. The van der Waals surface area contributed by atoms with Crippen molar-refractivity contribution in [1.29, 1.82) is 0 Å². The van der Waals surface area contributed by atoms with Crippen molar-refractivity contribution in [3.05, 3.63) is 11.6 Å². The Morgan fingerprint density at radius 2 is 1.96 bits per heavy atom. The summed E-state index contributed by atoms with van der Waals surface area (Å²) in [5, 5.41) is 10.2. The molecule has 4 rings (SSSR count). The average Bonchev–Trinajstić information content (AvgIpc) is 2.90. The fourth-order valence-corrected chi connectivity index (χ4v) is 7.95. The monoisotopic (exact) mass is 388 g/mol. The first-order valence-electron chi connectivity index (χ1n) is 11.2. The molecule has 0 aliphatic heterocycles. The van der Waals surface area contributed by atoms with Gasteiger partial charge in [-0.05, 0) is 79.4 Å². The maximum atomic E-state index is 13.0. The second-order valence-electron chi connectivity index (χ2n) is 10.6. The number of carbonyl (C=O) groups is 2. The highest BCUT2D eigenvalue weighted by Gasteiger charge is 2.61. The summed E-state index contributed by atoms with van der Waals surface area (Å²) < 4.78 is 5.07. The van der Waals surface area contributed by atoms with Crippen molar-refractivity contribution in [2.24, 2.45) is 40.4 Å². The summed E-state index contributed by atoms with van der Waals surface area (Å²) in [4.78, 5) is 24.2. The fourth-order valence-electron chi connectivity index (χ4n) is 7.95. The van der Waals surface area contributed by atoms with Crippen LogP contribution < -0.4 is 0 Å². The van der Waals surface area contributed by atoms with Crippen molar-refractivity contribution in [1.82, 2.24) is 0 Å². The first-order valence-corrected chi connectivity index (χ1v) is 11.2. The van der Waals surface area contributed by atoms with E-state index in [1.807, 2.05) is 0 Å². The predicted molar refractivity (Wildman–Crippen MR) is 107 cm³/mol. The first kappa shape index (κ1) is 20.1. The van der Waals surface area contributed by atoms with Gasteiger partial charge in [0.05, 0.1) is 6.10 Å². The Hall–Kier alpha value is -1.16. The molecule has 3 saturated carbocycles. The molecule has 156 valence electrons. The Bertz CT molecular complexity index is 697. The van der Waals surface area contributed by atoms with Crippen LogP contribution in [0.1, 0.15) is 72.6 Å². The maximum Gasteiger partial charge on any atom is 0.303 e. The SMILES string of the molecule is CC(=O)OCC(=O)C1C(C)CC2C3CC=C4CC(O)CCC4(C)C3CCC21C. The molecule has 0 amide bonds. The van der Waals surface area contributed by atoms with Crippen LogP contribution in [0, 0.1) is 40.4 Å². The molecule has 28 heavy (non-hydrogen) atoms. The first-order chi connectivity index (χ1) is 13.2. The van der Waals surface area contributed by atoms with Gasteiger partial charge in [-0.3, -0.25) is 9.59 Å². The minimum atomic E-state index is -0.373. The number of esters is 1. The van der Waals surface area contributed by atoms with Crippen LogP contribution in [0.5, 0.6) is 0 Å². The minimum absolute atomic E-state index is 0.00385. The number of Topliss-reactive ketones (excluding diaryl/α,β-unsaturated/α-hetero) is 1. The van der Waals surface area contributed by atoms with Crippen molar-refractivity contribution in [2.75, 3.05) is 6.61 Å². The predicted octanol–water partition coefficient (Wildman–Crippen LogP) is 4.30. The Kier molecular flexibility index (Phi) is 5.01. The standard InChI is InChI=1S/C24H36O4/c1-14-11-20-18-6-5-16-12-17(26)7-9-23(16,3)19(18)8-10-24(20,4)22(14)21(27)13-28-15(2)25/h5,14,17-20,22,26H,6-13H2,1-4H3. The largest absolute Gasteiger partial charge is 0.458 e. The molecule has 0 aromatic carbocycles. The lowest BCUT2D eigenvalue weighted by Crippen LogP contribution is -2.51. The van der Waals surface area contributed by atoms with Gasteiger partial charge in [-0.15, -0.1) is 0 Å². The highest BCUT2D eigenvalue weighted by molar-refractivity contribution is 5.85. The van der Waals surface area contributed by atoms with Gasteiger partial charge >= 0.3 is 5.97 Å². The summed E-state index contributed by atoms with van der Waals surface area (Å²) in [6.45, 7) is 8.29. The normalized spacial score (nSPS) is 47.4. The van der Waals surface area contributed by atoms with Crippen molar-refractivity contribution in [3.8, 4) is 0 Å². The van der Waals surface area contributed by atoms with E-state index in [9.17, 15) is 14.7 Å². The molecule has 8 atom stereocenters. The number of ketones is 1. The highest BCUT2D eigenvalue weighted by Crippen LogP contribution is 2.67. The van der Waals surface area contributed by atoms with E-state index >= 15 is 0 Å². The van der Waals surface area contributed by atoms with Crippen molar-refractivity contribution >= 4 is 11.8 Å². The number of aliphatic hydroxyl groups is 1. The third kappa shape index (κ3) is 2.98. The molecule has 4 heteroatoms. The molecule has 8 unspecified atom stereocenters. The van der Waals surface area contributed by atoms with E-state index in [2.05, 4.69) is 26.8 Å². The third-order valence-corrected chi connectivity index (χ3v) is 9.19. The lowest BCUT2D eigenvalue weighted by Gasteiger charge is -2.57. The molecular formula is C24H36O4. The maximum absolute atomic E-state index is 13.0. The number of hydrogen-bond donors (Lipinski definition) is 1. The molecule has 4 aliphatic carbocycles. The van der Waals surface area contributed by atoms with E-state index in [4.69, 9.17) is 4.74 Å². The summed E-state index contributed by atoms with van der Waals surface area (Å²) >= 11 is 0. The van der Waals surface area contributed by atoms with Crippen molar-refractivity contribution < 1.29 is 19.4 Å². The van der Waals surface area contributed by atoms with Crippen LogP contribution in [-0.4, -0.2) is 29.6 Å². The number of hydrogen-bond acceptors (Lipinski definition) is 4. The lowest BCUT2D eigenvalue weighted by molar-refractivity contribution is -0.149. The number of allylic oxidation sites excluding steroid dienone is 1. The molecule has 0 spiro atoms. The zero-order valence-corrected chi connectivity index (χ0v) is 17.9. The molecule has 0 heterocycles. The van der Waals surface area contributed by atoms with Gasteiger partial charge in [0, 0.05) is 12.8 Å². The molecule has 0 aromatic heterocycles. The van der Waals surface area contributed by atoms with Crippen LogP contribution in [-0.2, 0) is 14.3 Å². The molecule has 0 bridgehead atoms. The van der Waals surface area contributed by atoms with E-state index in [1.54, 1.807) is 0 Å². The topological polar surface area (TPSA) is 63.6 Å². The second-order valence-corrected chi connectivity index (χ2v) is 10.6. The zero-order valence-electron chi connectivity index (χ0n) is 17.9. The molecule has 4 aliphatic rings. The van der Waals surface area contributed by atoms with Gasteiger partial charge in [-0.25, -0.2) is 0 Å². The zero-order chi connectivity index (χ0) is 20.3. The van der Waals surface area contributed by atoms with E-state index in [-0.39, 0.29) is 41.2 Å². The summed E-state index contributed by atoms with van der Waals surface area (Å²) in [6.07, 6.45) is 9.59. The van der Waals surface area contributed by atoms with Gasteiger partial charge < -0.3 is 9.84 Å². The average molecular weight is 389 g/mol. The molecule has 1 N–H and O–H groups in total. The summed E-state index contributed by atoms with van der Waals surface area (Å²) in [7, 11) is 0. The lowest BCUT2D eigenvalue weighted by atomic mass is 9.47. The summed E-state index contributed by atoms with van der Waals surface area (Å²) in [5.41, 5.74) is 1.74. The van der Waals surface area contributed by atoms with E-state index in [0.717, 1.165) is 38.5 Å². The van der Waals surface area contributed by atoms with Gasteiger partial charge in [0.2, 0.25) is 0 Å². The molecule has 0 saturated heterocycles. The number of ether oxygens (including phenoxy) is 1. The van der Waals surface area contributed by atoms with Crippen molar-refractivity contribution in [2.45, 2.75) is 78.7 Å². The second kappa shape index (κ2) is 6.97. The van der Waals surface area contributed by atoms with Gasteiger partial charge in [0.15, 0.2) is 5.78 Å². The van der Waals surface area contributed by atoms with Crippen LogP contribution in [0.4, 0.5) is 0 Å². The minimum Gasteiger partial charge on any atom is -0.458 e. The van der Waals surface area contributed by atoms with Crippen molar-refractivity contribution in [3.63, 3.8) is 0 Å². The quantitative estimate of drug-likeness (QED) is 0.578. The van der Waals surface area contributed by atoms with E-state index in [1.165, 1.54) is 18.9 Å². The Morgan fingerprint density at radius 3 is 2.68 bits per heavy atom. The smallest absolute Gasteiger partial charge is 0.303 e. The molecule has 4 nitrogen and oxygen atoms in total. The third-order valence-electron chi connectivity index (χ3n) is 9.19. The molecular weight excluding hydrogens is 352 g/mol. The fraction of sp³-hybridized carbons (Fsp3) is 0.833. The number of rotatable bonds is 3. The Morgan fingerprint density at radius 1 is 1.21 bits per heavy atom. The highest BCUT2D eigenvalue weighted by atomic mass is 16.5. The van der Waals surface area contributed by atoms with Gasteiger partial charge in [-0.2, -0.15) is 0 Å². The van der Waals surface area contributed by atoms with E-state index < -0.39 is 0 Å². The van der Waals surface area contributed by atoms with Crippen LogP contribution in [0.2, 0.25) is 0 Å². The summed E-state index contributed by atoms with van der Waals surface area (Å²) in [6, 6.07) is 0. The number of fused-ring (bicyclic) bond motifs is 5.